The van der Waals surface area contributed by atoms with Crippen LogP contribution in [0.3, 0.4) is 0 Å². The molecule has 1 heterocycles. The topological polar surface area (TPSA) is 77.1 Å². The van der Waals surface area contributed by atoms with E-state index >= 15 is 0 Å². The smallest absolute Gasteiger partial charge is 0.242 e. The first kappa shape index (κ1) is 12.0. The molecule has 1 aromatic rings. The van der Waals surface area contributed by atoms with E-state index in [4.69, 9.17) is 5.73 Å². The van der Waals surface area contributed by atoms with Crippen molar-refractivity contribution in [2.24, 2.45) is 12.8 Å². The second-order valence-corrected chi connectivity index (χ2v) is 4.84. The molecule has 84 valence electrons. The molecule has 0 bridgehead atoms. The molecule has 0 fully saturated rings. The minimum absolute atomic E-state index is 0.258. The Morgan fingerprint density at radius 1 is 1.53 bits per heavy atom. The van der Waals surface area contributed by atoms with Crippen molar-refractivity contribution in [3.63, 3.8) is 0 Å². The average Bonchev–Trinajstić information content (AvgIpc) is 2.60. The Labute approximate surface area is 89.6 Å². The van der Waals surface area contributed by atoms with E-state index in [0.29, 0.717) is 6.54 Å². The number of aromatic nitrogens is 1. The van der Waals surface area contributed by atoms with Gasteiger partial charge < -0.3 is 10.3 Å². The van der Waals surface area contributed by atoms with Crippen LogP contribution in [0.4, 0.5) is 0 Å². The van der Waals surface area contributed by atoms with E-state index in [1.165, 1.54) is 0 Å². The zero-order valence-corrected chi connectivity index (χ0v) is 9.37. The number of hydrogen-bond donors (Lipinski definition) is 2. The third-order valence-corrected chi connectivity index (χ3v) is 3.22. The Kier molecular flexibility index (Phi) is 4.07. The van der Waals surface area contributed by atoms with E-state index in [9.17, 15) is 8.42 Å². The van der Waals surface area contributed by atoms with Gasteiger partial charge in [-0.05, 0) is 6.07 Å². The molecule has 0 unspecified atom stereocenters. The standard InChI is InChI=1S/C9H15N3O2S/c1-12-7-4-9(8-12)15(13,14)11-6-3-2-5-10/h2-4,7-8,11H,5-6,10H2,1H3/b3-2+. The molecule has 0 aliphatic heterocycles. The van der Waals surface area contributed by atoms with Gasteiger partial charge in [0.15, 0.2) is 0 Å². The minimum Gasteiger partial charge on any atom is -0.356 e. The van der Waals surface area contributed by atoms with Gasteiger partial charge in [0.25, 0.3) is 0 Å². The van der Waals surface area contributed by atoms with Crippen LogP contribution in [0, 0.1) is 0 Å². The van der Waals surface area contributed by atoms with Gasteiger partial charge in [0.1, 0.15) is 0 Å². The molecular weight excluding hydrogens is 214 g/mol. The van der Waals surface area contributed by atoms with Gasteiger partial charge in [-0.1, -0.05) is 12.2 Å². The summed E-state index contributed by atoms with van der Waals surface area (Å²) in [7, 11) is -1.61. The van der Waals surface area contributed by atoms with E-state index in [1.54, 1.807) is 42.2 Å². The summed E-state index contributed by atoms with van der Waals surface area (Å²) in [5.41, 5.74) is 5.23. The Balaban J connectivity index is 2.64. The zero-order valence-electron chi connectivity index (χ0n) is 8.55. The number of rotatable bonds is 5. The van der Waals surface area contributed by atoms with Crippen molar-refractivity contribution in [1.82, 2.24) is 9.29 Å². The molecule has 15 heavy (non-hydrogen) atoms. The van der Waals surface area contributed by atoms with Crippen LogP contribution >= 0.6 is 0 Å². The average molecular weight is 229 g/mol. The molecule has 3 N–H and O–H groups in total. The van der Waals surface area contributed by atoms with Crippen molar-refractivity contribution >= 4 is 10.0 Å². The highest BCUT2D eigenvalue weighted by Crippen LogP contribution is 2.07. The van der Waals surface area contributed by atoms with Crippen LogP contribution in [0.5, 0.6) is 0 Å². The van der Waals surface area contributed by atoms with E-state index in [-0.39, 0.29) is 11.4 Å². The van der Waals surface area contributed by atoms with Gasteiger partial charge >= 0.3 is 0 Å². The van der Waals surface area contributed by atoms with Crippen LogP contribution in [0.2, 0.25) is 0 Å². The molecular formula is C9H15N3O2S. The normalized spacial score (nSPS) is 12.4. The highest BCUT2D eigenvalue weighted by atomic mass is 32.2. The molecule has 0 aromatic carbocycles. The summed E-state index contributed by atoms with van der Waals surface area (Å²) in [5.74, 6) is 0. The number of hydrogen-bond acceptors (Lipinski definition) is 3. The van der Waals surface area contributed by atoms with E-state index in [1.807, 2.05) is 0 Å². The van der Waals surface area contributed by atoms with Crippen LogP contribution in [-0.4, -0.2) is 26.1 Å². The number of nitrogens with two attached hydrogens (primary N) is 1. The molecule has 5 nitrogen and oxygen atoms in total. The molecule has 1 rings (SSSR count). The highest BCUT2D eigenvalue weighted by molar-refractivity contribution is 7.89. The summed E-state index contributed by atoms with van der Waals surface area (Å²) in [6.45, 7) is 0.668. The van der Waals surface area contributed by atoms with Gasteiger partial charge in [-0.2, -0.15) is 0 Å². The van der Waals surface area contributed by atoms with Gasteiger partial charge in [-0.15, -0.1) is 0 Å². The predicted octanol–water partition coefficient (Wildman–Crippen LogP) is -0.182. The first-order valence-corrected chi connectivity index (χ1v) is 6.01. The predicted molar refractivity (Wildman–Crippen MR) is 58.8 cm³/mol. The lowest BCUT2D eigenvalue weighted by Crippen LogP contribution is -2.23. The first-order chi connectivity index (χ1) is 7.06. The fourth-order valence-electron chi connectivity index (χ4n) is 1.06. The SMILES string of the molecule is Cn1ccc(S(=O)(=O)NC/C=C/CN)c1. The quantitative estimate of drug-likeness (QED) is 0.687. The number of nitrogens with zero attached hydrogens (tertiary/aromatic N) is 1. The summed E-state index contributed by atoms with van der Waals surface area (Å²) >= 11 is 0. The molecule has 0 aliphatic carbocycles. The summed E-state index contributed by atoms with van der Waals surface area (Å²) in [4.78, 5) is 0.270. The lowest BCUT2D eigenvalue weighted by Gasteiger charge is -2.01. The third-order valence-electron chi connectivity index (χ3n) is 1.81. The molecule has 6 heteroatoms. The summed E-state index contributed by atoms with van der Waals surface area (Å²) in [6.07, 6.45) is 6.62. The van der Waals surface area contributed by atoms with Gasteiger partial charge in [0.2, 0.25) is 10.0 Å². The van der Waals surface area contributed by atoms with Crippen LogP contribution in [0.25, 0.3) is 0 Å². The second-order valence-electron chi connectivity index (χ2n) is 3.07. The first-order valence-electron chi connectivity index (χ1n) is 4.53. The maximum Gasteiger partial charge on any atom is 0.242 e. The minimum atomic E-state index is -3.38. The van der Waals surface area contributed by atoms with Gasteiger partial charge in [0, 0.05) is 32.5 Å². The van der Waals surface area contributed by atoms with Crippen LogP contribution in [0.15, 0.2) is 35.5 Å². The number of sulfonamides is 1. The lowest BCUT2D eigenvalue weighted by atomic mass is 10.5. The Hall–Kier alpha value is -1.11. The van der Waals surface area contributed by atoms with E-state index in [2.05, 4.69) is 4.72 Å². The van der Waals surface area contributed by atoms with Crippen molar-refractivity contribution in [3.05, 3.63) is 30.6 Å². The molecule has 0 radical (unpaired) electrons. The molecule has 0 amide bonds. The number of nitrogens with one attached hydrogen (secondary N) is 1. The highest BCUT2D eigenvalue weighted by Gasteiger charge is 2.12. The molecule has 0 spiro atoms. The fraction of sp³-hybridized carbons (Fsp3) is 0.333. The van der Waals surface area contributed by atoms with Crippen molar-refractivity contribution in [1.29, 1.82) is 0 Å². The lowest BCUT2D eigenvalue weighted by molar-refractivity contribution is 0.585. The number of aryl methyl sites for hydroxylation is 1. The molecule has 0 atom stereocenters. The van der Waals surface area contributed by atoms with Crippen molar-refractivity contribution < 1.29 is 8.42 Å². The molecule has 0 saturated carbocycles. The van der Waals surface area contributed by atoms with Gasteiger partial charge in [-0.3, -0.25) is 0 Å². The Morgan fingerprint density at radius 3 is 2.80 bits per heavy atom. The van der Waals surface area contributed by atoms with Crippen molar-refractivity contribution in [2.75, 3.05) is 13.1 Å². The van der Waals surface area contributed by atoms with Crippen LogP contribution < -0.4 is 10.5 Å². The summed E-state index contributed by atoms with van der Waals surface area (Å²) in [6, 6.07) is 1.55. The fourth-order valence-corrected chi connectivity index (χ4v) is 2.08. The maximum absolute atomic E-state index is 11.6. The van der Waals surface area contributed by atoms with Crippen LogP contribution in [-0.2, 0) is 17.1 Å². The molecule has 0 aliphatic rings. The molecule has 1 aromatic heterocycles. The Bertz CT molecular complexity index is 434. The van der Waals surface area contributed by atoms with E-state index in [0.717, 1.165) is 0 Å². The van der Waals surface area contributed by atoms with Crippen LogP contribution in [0.1, 0.15) is 0 Å². The van der Waals surface area contributed by atoms with Gasteiger partial charge in [-0.25, -0.2) is 13.1 Å². The van der Waals surface area contributed by atoms with Gasteiger partial charge in [0.05, 0.1) is 4.90 Å². The molecule has 0 saturated heterocycles. The Morgan fingerprint density at radius 2 is 2.27 bits per heavy atom. The van der Waals surface area contributed by atoms with Crippen molar-refractivity contribution in [3.8, 4) is 0 Å². The summed E-state index contributed by atoms with van der Waals surface area (Å²) < 4.78 is 27.4. The maximum atomic E-state index is 11.6. The largest absolute Gasteiger partial charge is 0.356 e. The summed E-state index contributed by atoms with van der Waals surface area (Å²) in [5, 5.41) is 0. The second kappa shape index (κ2) is 5.11. The third kappa shape index (κ3) is 3.50. The van der Waals surface area contributed by atoms with E-state index < -0.39 is 10.0 Å². The van der Waals surface area contributed by atoms with Crippen molar-refractivity contribution in [2.45, 2.75) is 4.90 Å². The zero-order chi connectivity index (χ0) is 11.3. The monoisotopic (exact) mass is 229 g/mol.